The molecule has 1 N–H and O–H groups in total. The van der Waals surface area contributed by atoms with E-state index >= 15 is 0 Å². The van der Waals surface area contributed by atoms with Crippen LogP contribution in [-0.4, -0.2) is 16.7 Å². The van der Waals surface area contributed by atoms with Crippen LogP contribution in [0.25, 0.3) is 0 Å². The number of benzene rings is 1. The predicted molar refractivity (Wildman–Crippen MR) is 80.1 cm³/mol. The highest BCUT2D eigenvalue weighted by molar-refractivity contribution is 8.00. The van der Waals surface area contributed by atoms with E-state index in [1.165, 1.54) is 43.4 Å². The average Bonchev–Trinajstić information content (AvgIpc) is 2.40. The van der Waals surface area contributed by atoms with E-state index < -0.39 is 0 Å². The van der Waals surface area contributed by atoms with E-state index in [0.717, 1.165) is 0 Å². The van der Waals surface area contributed by atoms with Gasteiger partial charge in [-0.3, -0.25) is 5.32 Å². The normalized spacial score (nSPS) is 36.7. The third-order valence-corrected chi connectivity index (χ3v) is 6.02. The topological polar surface area (TPSA) is 12.0 Å². The van der Waals surface area contributed by atoms with Crippen molar-refractivity contribution in [2.24, 2.45) is 0 Å². The van der Waals surface area contributed by atoms with Crippen molar-refractivity contribution in [3.8, 4) is 0 Å². The maximum absolute atomic E-state index is 3.94. The fraction of sp³-hybridized carbons (Fsp3) is 0.625. The molecule has 1 heterocycles. The molecule has 0 radical (unpaired) electrons. The third kappa shape index (κ3) is 2.33. The van der Waals surface area contributed by atoms with E-state index in [2.05, 4.69) is 54.3 Å². The van der Waals surface area contributed by atoms with Gasteiger partial charge in [-0.1, -0.05) is 43.2 Å². The van der Waals surface area contributed by atoms with Crippen LogP contribution in [0.1, 0.15) is 50.5 Å². The number of nitrogens with one attached hydrogen (secondary N) is 1. The molecule has 1 nitrogen and oxygen atoms in total. The molecule has 1 saturated heterocycles. The van der Waals surface area contributed by atoms with E-state index in [1.807, 2.05) is 0 Å². The Hall–Kier alpha value is -0.470. The van der Waals surface area contributed by atoms with Crippen molar-refractivity contribution in [3.63, 3.8) is 0 Å². The molecule has 2 fully saturated rings. The molecule has 1 saturated carbocycles. The average molecular weight is 261 g/mol. The molecule has 2 heteroatoms. The molecule has 1 aliphatic carbocycles. The summed E-state index contributed by atoms with van der Waals surface area (Å²) in [5.41, 5.74) is 1.53. The molecule has 18 heavy (non-hydrogen) atoms. The second kappa shape index (κ2) is 5.26. The summed E-state index contributed by atoms with van der Waals surface area (Å²) in [7, 11) is 0. The maximum atomic E-state index is 3.94. The van der Waals surface area contributed by atoms with Crippen LogP contribution < -0.4 is 5.32 Å². The van der Waals surface area contributed by atoms with E-state index in [-0.39, 0.29) is 0 Å². The monoisotopic (exact) mass is 261 g/mol. The number of hydrogen-bond acceptors (Lipinski definition) is 2. The third-order valence-electron chi connectivity index (χ3n) is 4.46. The van der Waals surface area contributed by atoms with Gasteiger partial charge in [-0.15, -0.1) is 11.8 Å². The summed E-state index contributed by atoms with van der Waals surface area (Å²) in [5.74, 6) is 2.01. The zero-order chi connectivity index (χ0) is 12.4. The fourth-order valence-electron chi connectivity index (χ4n) is 3.56. The lowest BCUT2D eigenvalue weighted by molar-refractivity contribution is 0.261. The lowest BCUT2D eigenvalue weighted by atomic mass is 9.78. The zero-order valence-electron chi connectivity index (χ0n) is 11.2. The van der Waals surface area contributed by atoms with Crippen LogP contribution >= 0.6 is 11.8 Å². The highest BCUT2D eigenvalue weighted by atomic mass is 32.2. The van der Waals surface area contributed by atoms with Crippen molar-refractivity contribution in [2.75, 3.05) is 5.75 Å². The SMILES string of the molecule is CC1CCSC2(CCCCC2c2ccccc2)N1. The first-order valence-electron chi connectivity index (χ1n) is 7.27. The van der Waals surface area contributed by atoms with Crippen LogP contribution in [0.5, 0.6) is 0 Å². The Morgan fingerprint density at radius 3 is 2.78 bits per heavy atom. The van der Waals surface area contributed by atoms with Crippen LogP contribution in [0.3, 0.4) is 0 Å². The van der Waals surface area contributed by atoms with E-state index in [1.54, 1.807) is 0 Å². The summed E-state index contributed by atoms with van der Waals surface area (Å²) in [5, 5.41) is 3.94. The van der Waals surface area contributed by atoms with Crippen LogP contribution in [0.15, 0.2) is 30.3 Å². The van der Waals surface area contributed by atoms with Gasteiger partial charge in [0.2, 0.25) is 0 Å². The zero-order valence-corrected chi connectivity index (χ0v) is 12.0. The fourth-order valence-corrected chi connectivity index (χ4v) is 5.42. The largest absolute Gasteiger partial charge is 0.300 e. The second-order valence-electron chi connectivity index (χ2n) is 5.78. The van der Waals surface area contributed by atoms with Gasteiger partial charge in [0.15, 0.2) is 0 Å². The van der Waals surface area contributed by atoms with Gasteiger partial charge in [0.05, 0.1) is 4.87 Å². The summed E-state index contributed by atoms with van der Waals surface area (Å²) >= 11 is 2.18. The molecule has 3 unspecified atom stereocenters. The quantitative estimate of drug-likeness (QED) is 0.815. The molecule has 0 amide bonds. The standard InChI is InChI=1S/C16H23NS/c1-13-10-12-18-16(17-13)11-6-5-9-15(16)14-7-3-2-4-8-14/h2-4,7-8,13,15,17H,5-6,9-12H2,1H3. The molecule has 1 spiro atoms. The summed E-state index contributed by atoms with van der Waals surface area (Å²) in [4.78, 5) is 0.317. The van der Waals surface area contributed by atoms with Crippen molar-refractivity contribution in [2.45, 2.75) is 55.9 Å². The van der Waals surface area contributed by atoms with Gasteiger partial charge in [-0.2, -0.15) is 0 Å². The van der Waals surface area contributed by atoms with E-state index in [4.69, 9.17) is 0 Å². The molecule has 2 aliphatic rings. The lowest BCUT2D eigenvalue weighted by Gasteiger charge is -2.49. The molecular formula is C16H23NS. The minimum atomic E-state index is 0.317. The Balaban J connectivity index is 1.90. The Bertz CT molecular complexity index is 387. The van der Waals surface area contributed by atoms with Gasteiger partial charge in [-0.25, -0.2) is 0 Å². The van der Waals surface area contributed by atoms with Crippen molar-refractivity contribution in [1.29, 1.82) is 0 Å². The van der Waals surface area contributed by atoms with Crippen molar-refractivity contribution >= 4 is 11.8 Å². The molecule has 3 atom stereocenters. The summed E-state index contributed by atoms with van der Waals surface area (Å²) in [6.45, 7) is 2.35. The first-order chi connectivity index (χ1) is 8.80. The maximum Gasteiger partial charge on any atom is 0.0716 e. The molecule has 98 valence electrons. The highest BCUT2D eigenvalue weighted by Gasteiger charge is 2.44. The molecule has 3 rings (SSSR count). The molecular weight excluding hydrogens is 238 g/mol. The molecule has 1 aliphatic heterocycles. The van der Waals surface area contributed by atoms with Gasteiger partial charge < -0.3 is 0 Å². The van der Waals surface area contributed by atoms with Crippen LogP contribution in [-0.2, 0) is 0 Å². The molecule has 0 bridgehead atoms. The molecule has 1 aromatic rings. The smallest absolute Gasteiger partial charge is 0.0716 e. The highest BCUT2D eigenvalue weighted by Crippen LogP contribution is 2.49. The molecule has 0 aromatic heterocycles. The van der Waals surface area contributed by atoms with Crippen LogP contribution in [0.2, 0.25) is 0 Å². The van der Waals surface area contributed by atoms with Gasteiger partial charge >= 0.3 is 0 Å². The van der Waals surface area contributed by atoms with Crippen molar-refractivity contribution < 1.29 is 0 Å². The van der Waals surface area contributed by atoms with E-state index in [9.17, 15) is 0 Å². The number of thioether (sulfide) groups is 1. The summed E-state index contributed by atoms with van der Waals surface area (Å²) < 4.78 is 0. The Morgan fingerprint density at radius 2 is 2.00 bits per heavy atom. The van der Waals surface area contributed by atoms with Gasteiger partial charge in [0.1, 0.15) is 0 Å². The minimum absolute atomic E-state index is 0.317. The second-order valence-corrected chi connectivity index (χ2v) is 7.21. The molecule has 1 aromatic carbocycles. The van der Waals surface area contributed by atoms with Crippen molar-refractivity contribution in [1.82, 2.24) is 5.32 Å². The Labute approximate surface area is 115 Å². The van der Waals surface area contributed by atoms with Gasteiger partial charge in [0.25, 0.3) is 0 Å². The van der Waals surface area contributed by atoms with Crippen molar-refractivity contribution in [3.05, 3.63) is 35.9 Å². The van der Waals surface area contributed by atoms with E-state index in [0.29, 0.717) is 16.8 Å². The van der Waals surface area contributed by atoms with Gasteiger partial charge in [0, 0.05) is 12.0 Å². The summed E-state index contributed by atoms with van der Waals surface area (Å²) in [6, 6.07) is 11.8. The summed E-state index contributed by atoms with van der Waals surface area (Å²) in [6.07, 6.45) is 6.76. The van der Waals surface area contributed by atoms with Gasteiger partial charge in [-0.05, 0) is 37.5 Å². The van der Waals surface area contributed by atoms with Crippen LogP contribution in [0.4, 0.5) is 0 Å². The Kier molecular flexibility index (Phi) is 3.67. The first-order valence-corrected chi connectivity index (χ1v) is 8.25. The number of hydrogen-bond donors (Lipinski definition) is 1. The predicted octanol–water partition coefficient (Wildman–Crippen LogP) is 4.16. The lowest BCUT2D eigenvalue weighted by Crippen LogP contribution is -2.55. The minimum Gasteiger partial charge on any atom is -0.300 e. The first kappa shape index (κ1) is 12.6. The van der Waals surface area contributed by atoms with Crippen LogP contribution in [0, 0.1) is 0 Å². The Morgan fingerprint density at radius 1 is 1.17 bits per heavy atom. The number of rotatable bonds is 1.